The van der Waals surface area contributed by atoms with Crippen LogP contribution in [0.5, 0.6) is 0 Å². The Hall–Kier alpha value is -4.01. The van der Waals surface area contributed by atoms with Gasteiger partial charge in [0.15, 0.2) is 0 Å². The first kappa shape index (κ1) is 23.4. The number of halogens is 1. The van der Waals surface area contributed by atoms with E-state index in [1.54, 1.807) is 29.4 Å². The van der Waals surface area contributed by atoms with Crippen LogP contribution in [-0.4, -0.2) is 50.5 Å². The number of rotatable bonds is 7. The van der Waals surface area contributed by atoms with E-state index in [9.17, 15) is 18.8 Å². The Labute approximate surface area is 213 Å². The van der Waals surface area contributed by atoms with E-state index >= 15 is 0 Å². The van der Waals surface area contributed by atoms with E-state index in [4.69, 9.17) is 4.74 Å². The monoisotopic (exact) mass is 502 g/mol. The van der Waals surface area contributed by atoms with Crippen molar-refractivity contribution in [2.24, 2.45) is 5.92 Å². The highest BCUT2D eigenvalue weighted by molar-refractivity contribution is 6.06. The van der Waals surface area contributed by atoms with Gasteiger partial charge in [0.1, 0.15) is 12.4 Å². The highest BCUT2D eigenvalue weighted by Gasteiger charge is 2.58. The van der Waals surface area contributed by atoms with Gasteiger partial charge in [0, 0.05) is 36.3 Å². The van der Waals surface area contributed by atoms with Gasteiger partial charge in [-0.1, -0.05) is 30.3 Å². The number of nitrogens with zero attached hydrogens (tertiary/aromatic N) is 3. The molecular weight excluding hydrogens is 475 g/mol. The van der Waals surface area contributed by atoms with Crippen molar-refractivity contribution in [3.63, 3.8) is 0 Å². The molecule has 0 unspecified atom stereocenters. The third kappa shape index (κ3) is 4.08. The largest absolute Gasteiger partial charge is 0.427 e. The predicted octanol–water partition coefficient (Wildman–Crippen LogP) is 4.16. The Morgan fingerprint density at radius 3 is 2.70 bits per heavy atom. The van der Waals surface area contributed by atoms with Gasteiger partial charge >= 0.3 is 6.09 Å². The second kappa shape index (κ2) is 8.83. The number of carbonyl (C=O) groups excluding carboxylic acids is 3. The molecule has 2 aromatic carbocycles. The van der Waals surface area contributed by atoms with Crippen LogP contribution in [0.1, 0.15) is 42.9 Å². The van der Waals surface area contributed by atoms with Crippen molar-refractivity contribution in [2.45, 2.75) is 50.8 Å². The van der Waals surface area contributed by atoms with E-state index in [1.165, 1.54) is 12.1 Å². The highest BCUT2D eigenvalue weighted by atomic mass is 19.1. The first-order valence-electron chi connectivity index (χ1n) is 12.6. The van der Waals surface area contributed by atoms with Gasteiger partial charge in [-0.15, -0.1) is 0 Å². The summed E-state index contributed by atoms with van der Waals surface area (Å²) >= 11 is 0. The van der Waals surface area contributed by atoms with Crippen LogP contribution in [0.2, 0.25) is 0 Å². The maximum absolute atomic E-state index is 13.6. The van der Waals surface area contributed by atoms with Gasteiger partial charge in [-0.05, 0) is 60.9 Å². The number of ether oxygens (including phenoxy) is 1. The number of benzene rings is 2. The molecular formula is C28H27FN4O4. The van der Waals surface area contributed by atoms with Gasteiger partial charge in [-0.3, -0.25) is 14.7 Å². The second-order valence-corrected chi connectivity index (χ2v) is 10.2. The van der Waals surface area contributed by atoms with Gasteiger partial charge in [0.05, 0.1) is 6.20 Å². The lowest BCUT2D eigenvalue weighted by Crippen LogP contribution is -2.47. The molecule has 2 fully saturated rings. The van der Waals surface area contributed by atoms with Crippen LogP contribution < -0.4 is 0 Å². The van der Waals surface area contributed by atoms with E-state index in [-0.39, 0.29) is 30.9 Å². The van der Waals surface area contributed by atoms with Crippen LogP contribution in [-0.2, 0) is 32.9 Å². The molecule has 190 valence electrons. The number of H-pyrrole nitrogens is 1. The lowest BCUT2D eigenvalue weighted by atomic mass is 9.93. The normalized spacial score (nSPS) is 21.3. The van der Waals surface area contributed by atoms with Crippen molar-refractivity contribution >= 4 is 17.9 Å². The molecule has 6 rings (SSSR count). The number of aromatic amines is 1. The summed E-state index contributed by atoms with van der Waals surface area (Å²) in [4.78, 5) is 42.7. The number of fused-ring (bicyclic) bond motifs is 2. The minimum atomic E-state index is -1.40. The molecule has 3 aliphatic rings. The van der Waals surface area contributed by atoms with Crippen LogP contribution in [0.25, 0.3) is 11.1 Å². The molecule has 8 nitrogen and oxygen atoms in total. The third-order valence-corrected chi connectivity index (χ3v) is 7.87. The molecule has 1 saturated carbocycles. The summed E-state index contributed by atoms with van der Waals surface area (Å²) < 4.78 is 19.1. The number of hydrogen-bond donors (Lipinski definition) is 1. The molecule has 2 atom stereocenters. The number of carbonyl (C=O) groups is 3. The summed E-state index contributed by atoms with van der Waals surface area (Å²) in [6.07, 6.45) is 5.69. The van der Waals surface area contributed by atoms with Gasteiger partial charge in [0.2, 0.25) is 11.5 Å². The smallest absolute Gasteiger partial charge is 0.418 e. The molecule has 1 spiro atoms. The van der Waals surface area contributed by atoms with Crippen LogP contribution >= 0.6 is 0 Å². The van der Waals surface area contributed by atoms with Crippen molar-refractivity contribution < 1.29 is 23.5 Å². The molecule has 2 aliphatic carbocycles. The number of aromatic nitrogens is 2. The summed E-state index contributed by atoms with van der Waals surface area (Å²) in [5.41, 5.74) is 2.88. The van der Waals surface area contributed by atoms with E-state index in [0.717, 1.165) is 40.0 Å². The van der Waals surface area contributed by atoms with Crippen LogP contribution in [0.4, 0.5) is 9.18 Å². The second-order valence-electron chi connectivity index (χ2n) is 10.2. The third-order valence-electron chi connectivity index (χ3n) is 7.87. The number of aryl methyl sites for hydroxylation is 1. The van der Waals surface area contributed by atoms with Gasteiger partial charge in [0.25, 0.3) is 5.91 Å². The summed E-state index contributed by atoms with van der Waals surface area (Å²) in [7, 11) is 0. The summed E-state index contributed by atoms with van der Waals surface area (Å²) in [6.45, 7) is 1.87. The molecule has 1 aromatic heterocycles. The van der Waals surface area contributed by atoms with Crippen molar-refractivity contribution in [2.75, 3.05) is 6.54 Å². The van der Waals surface area contributed by atoms with Crippen LogP contribution in [0.3, 0.4) is 0 Å². The van der Waals surface area contributed by atoms with Crippen molar-refractivity contribution in [3.05, 3.63) is 77.4 Å². The summed E-state index contributed by atoms with van der Waals surface area (Å²) in [5.74, 6) is -0.800. The number of nitrogens with one attached hydrogen (secondary N) is 1. The summed E-state index contributed by atoms with van der Waals surface area (Å²) in [6, 6.07) is 11.7. The van der Waals surface area contributed by atoms with Crippen molar-refractivity contribution in [3.8, 4) is 11.1 Å². The molecule has 1 saturated heterocycles. The summed E-state index contributed by atoms with van der Waals surface area (Å²) in [5, 5.41) is 6.78. The number of amides is 3. The first-order valence-corrected chi connectivity index (χ1v) is 12.6. The van der Waals surface area contributed by atoms with Crippen molar-refractivity contribution in [1.29, 1.82) is 0 Å². The van der Waals surface area contributed by atoms with E-state index in [2.05, 4.69) is 10.2 Å². The minimum absolute atomic E-state index is 0.0613. The Morgan fingerprint density at radius 1 is 1.22 bits per heavy atom. The Balaban J connectivity index is 1.23. The zero-order valence-electron chi connectivity index (χ0n) is 20.4. The quantitative estimate of drug-likeness (QED) is 0.523. The fourth-order valence-corrected chi connectivity index (χ4v) is 5.55. The maximum atomic E-state index is 13.6. The fourth-order valence-electron chi connectivity index (χ4n) is 5.55. The molecule has 9 heteroatoms. The average Bonchev–Trinajstić information content (AvgIpc) is 3.39. The molecule has 3 aromatic rings. The first-order chi connectivity index (χ1) is 17.9. The molecule has 2 heterocycles. The topological polar surface area (TPSA) is 95.6 Å². The standard InChI is InChI=1S/C28H27FN4O4/c1-17(19-4-5-19)32(15-18-2-7-23(29)8-3-18)25(34)16-33-26(35)28(37-27(33)36)11-10-21-12-20(6-9-24(21)28)22-13-30-31-14-22/h2-3,6-9,12-14,17,19H,4-5,10-11,15-16H2,1H3,(H,30,31)/t17-,28+/m0/s1. The lowest BCUT2D eigenvalue weighted by Gasteiger charge is -2.30. The van der Waals surface area contributed by atoms with Gasteiger partial charge in [-0.25, -0.2) is 14.1 Å². The van der Waals surface area contributed by atoms with Crippen LogP contribution in [0.15, 0.2) is 54.9 Å². The Bertz CT molecular complexity index is 1370. The molecule has 3 amide bonds. The van der Waals surface area contributed by atoms with Crippen LogP contribution in [0, 0.1) is 11.7 Å². The van der Waals surface area contributed by atoms with Gasteiger partial charge in [-0.2, -0.15) is 5.10 Å². The molecule has 0 radical (unpaired) electrons. The highest BCUT2D eigenvalue weighted by Crippen LogP contribution is 2.46. The average molecular weight is 503 g/mol. The Kier molecular flexibility index (Phi) is 5.58. The zero-order valence-corrected chi connectivity index (χ0v) is 20.4. The van der Waals surface area contributed by atoms with E-state index in [1.807, 2.05) is 25.1 Å². The molecule has 1 aliphatic heterocycles. The number of imide groups is 1. The van der Waals surface area contributed by atoms with E-state index < -0.39 is 17.6 Å². The van der Waals surface area contributed by atoms with Crippen molar-refractivity contribution in [1.82, 2.24) is 20.0 Å². The lowest BCUT2D eigenvalue weighted by molar-refractivity contribution is -0.143. The zero-order chi connectivity index (χ0) is 25.7. The fraction of sp³-hybridized carbons (Fsp3) is 0.357. The number of hydrogen-bond acceptors (Lipinski definition) is 5. The minimum Gasteiger partial charge on any atom is -0.427 e. The SMILES string of the molecule is C[C@@H](C1CC1)N(Cc1ccc(F)cc1)C(=O)CN1C(=O)O[C@@]2(CCc3cc(-c4cn[nH]c4)ccc32)C1=O. The van der Waals surface area contributed by atoms with E-state index in [0.29, 0.717) is 24.3 Å². The molecule has 0 bridgehead atoms. The molecule has 1 N–H and O–H groups in total. The maximum Gasteiger partial charge on any atom is 0.418 e. The predicted molar refractivity (Wildman–Crippen MR) is 131 cm³/mol. The Morgan fingerprint density at radius 2 is 2.00 bits per heavy atom. The molecule has 37 heavy (non-hydrogen) atoms. The van der Waals surface area contributed by atoms with Gasteiger partial charge < -0.3 is 9.64 Å².